The van der Waals surface area contributed by atoms with Gasteiger partial charge in [0.15, 0.2) is 5.79 Å². The Morgan fingerprint density at radius 3 is 2.32 bits per heavy atom. The Kier molecular flexibility index (Phi) is 3.67. The smallest absolute Gasteiger partial charge is 0.168 e. The minimum atomic E-state index is -0.270. The third kappa shape index (κ3) is 2.72. The summed E-state index contributed by atoms with van der Waals surface area (Å²) in [7, 11) is 0. The van der Waals surface area contributed by atoms with Crippen molar-refractivity contribution in [3.8, 4) is 0 Å². The number of aldehydes is 1. The van der Waals surface area contributed by atoms with Gasteiger partial charge < -0.3 is 14.3 Å². The van der Waals surface area contributed by atoms with Gasteiger partial charge in [-0.2, -0.15) is 0 Å². The molecule has 1 heterocycles. The molecule has 1 spiro atoms. The van der Waals surface area contributed by atoms with Gasteiger partial charge in [-0.1, -0.05) is 24.3 Å². The molecule has 1 aromatic carbocycles. The standard InChI is InChI=1S/C16H20O3/c17-10-7-13-1-3-14(4-2-13)15-5-8-16(9-6-15)18-11-12-19-16/h1-4,10,15H,5-9,11-12H2. The van der Waals surface area contributed by atoms with Gasteiger partial charge in [-0.3, -0.25) is 0 Å². The zero-order chi connectivity index (χ0) is 13.1. The Balaban J connectivity index is 1.62. The monoisotopic (exact) mass is 260 g/mol. The van der Waals surface area contributed by atoms with E-state index >= 15 is 0 Å². The Bertz CT molecular complexity index is 422. The average Bonchev–Trinajstić information content (AvgIpc) is 2.90. The minimum absolute atomic E-state index is 0.270. The molecule has 102 valence electrons. The lowest BCUT2D eigenvalue weighted by Crippen LogP contribution is -2.34. The van der Waals surface area contributed by atoms with Crippen molar-refractivity contribution in [2.75, 3.05) is 13.2 Å². The second kappa shape index (κ2) is 5.43. The highest BCUT2D eigenvalue weighted by atomic mass is 16.7. The fraction of sp³-hybridized carbons (Fsp3) is 0.562. The van der Waals surface area contributed by atoms with Crippen LogP contribution in [0.4, 0.5) is 0 Å². The van der Waals surface area contributed by atoms with Crippen molar-refractivity contribution in [3.63, 3.8) is 0 Å². The number of rotatable bonds is 3. The van der Waals surface area contributed by atoms with Crippen LogP contribution in [0.25, 0.3) is 0 Å². The van der Waals surface area contributed by atoms with Crippen LogP contribution in [0.1, 0.15) is 42.7 Å². The molecular weight excluding hydrogens is 240 g/mol. The maximum Gasteiger partial charge on any atom is 0.168 e. The van der Waals surface area contributed by atoms with Gasteiger partial charge in [0, 0.05) is 19.3 Å². The predicted octanol–water partition coefficient (Wildman–Crippen LogP) is 2.83. The first-order valence-electron chi connectivity index (χ1n) is 7.12. The minimum Gasteiger partial charge on any atom is -0.348 e. The summed E-state index contributed by atoms with van der Waals surface area (Å²) in [6.07, 6.45) is 5.69. The lowest BCUT2D eigenvalue weighted by Gasteiger charge is -2.35. The first-order chi connectivity index (χ1) is 9.31. The van der Waals surface area contributed by atoms with E-state index < -0.39 is 0 Å². The molecule has 0 atom stereocenters. The van der Waals surface area contributed by atoms with Crippen molar-refractivity contribution in [3.05, 3.63) is 35.4 Å². The van der Waals surface area contributed by atoms with Gasteiger partial charge in [0.2, 0.25) is 0 Å². The van der Waals surface area contributed by atoms with Crippen molar-refractivity contribution in [2.24, 2.45) is 0 Å². The molecule has 1 saturated carbocycles. The third-order valence-electron chi connectivity index (χ3n) is 4.33. The van der Waals surface area contributed by atoms with Crippen molar-refractivity contribution in [1.29, 1.82) is 0 Å². The Morgan fingerprint density at radius 1 is 1.11 bits per heavy atom. The molecule has 0 bridgehead atoms. The quantitative estimate of drug-likeness (QED) is 0.784. The number of carbonyl (C=O) groups is 1. The van der Waals surface area contributed by atoms with E-state index in [1.807, 2.05) is 0 Å². The van der Waals surface area contributed by atoms with Crippen LogP contribution in [0.2, 0.25) is 0 Å². The van der Waals surface area contributed by atoms with Gasteiger partial charge in [0.1, 0.15) is 6.29 Å². The van der Waals surface area contributed by atoms with Crippen LogP contribution >= 0.6 is 0 Å². The lowest BCUT2D eigenvalue weighted by atomic mass is 9.81. The molecule has 0 aromatic heterocycles. The molecule has 0 amide bonds. The topological polar surface area (TPSA) is 35.5 Å². The lowest BCUT2D eigenvalue weighted by molar-refractivity contribution is -0.178. The first-order valence-corrected chi connectivity index (χ1v) is 7.12. The molecule has 2 fully saturated rings. The number of hydrogen-bond acceptors (Lipinski definition) is 3. The summed E-state index contributed by atoms with van der Waals surface area (Å²) in [5.41, 5.74) is 2.47. The molecule has 0 radical (unpaired) electrons. The maximum atomic E-state index is 10.5. The average molecular weight is 260 g/mol. The molecule has 2 aliphatic rings. The molecule has 1 aliphatic heterocycles. The molecule has 1 aliphatic carbocycles. The third-order valence-corrected chi connectivity index (χ3v) is 4.33. The molecular formula is C16H20O3. The van der Waals surface area contributed by atoms with E-state index in [0.29, 0.717) is 12.3 Å². The molecule has 1 aromatic rings. The Labute approximate surface area is 113 Å². The van der Waals surface area contributed by atoms with Crippen LogP contribution in [0.15, 0.2) is 24.3 Å². The predicted molar refractivity (Wildman–Crippen MR) is 72.1 cm³/mol. The van der Waals surface area contributed by atoms with Crippen molar-refractivity contribution >= 4 is 6.29 Å². The summed E-state index contributed by atoms with van der Waals surface area (Å²) in [6, 6.07) is 8.46. The van der Waals surface area contributed by atoms with Gasteiger partial charge in [0.25, 0.3) is 0 Å². The molecule has 3 nitrogen and oxygen atoms in total. The highest BCUT2D eigenvalue weighted by Gasteiger charge is 2.40. The molecule has 3 rings (SSSR count). The zero-order valence-corrected chi connectivity index (χ0v) is 11.1. The second-order valence-corrected chi connectivity index (χ2v) is 5.49. The largest absolute Gasteiger partial charge is 0.348 e. The Hall–Kier alpha value is -1.19. The number of benzene rings is 1. The summed E-state index contributed by atoms with van der Waals surface area (Å²) in [5.74, 6) is 0.331. The highest BCUT2D eigenvalue weighted by molar-refractivity contribution is 5.54. The van der Waals surface area contributed by atoms with Crippen molar-refractivity contribution in [2.45, 2.75) is 43.8 Å². The van der Waals surface area contributed by atoms with Crippen molar-refractivity contribution in [1.82, 2.24) is 0 Å². The van der Waals surface area contributed by atoms with Crippen LogP contribution in [0.3, 0.4) is 0 Å². The van der Waals surface area contributed by atoms with Crippen LogP contribution in [0.5, 0.6) is 0 Å². The van der Waals surface area contributed by atoms with Crippen LogP contribution < -0.4 is 0 Å². The van der Waals surface area contributed by atoms with Crippen LogP contribution in [0, 0.1) is 0 Å². The zero-order valence-electron chi connectivity index (χ0n) is 11.1. The number of carbonyl (C=O) groups excluding carboxylic acids is 1. The van der Waals surface area contributed by atoms with Gasteiger partial charge in [-0.25, -0.2) is 0 Å². The van der Waals surface area contributed by atoms with E-state index in [2.05, 4.69) is 24.3 Å². The van der Waals surface area contributed by atoms with Gasteiger partial charge >= 0.3 is 0 Å². The highest BCUT2D eigenvalue weighted by Crippen LogP contribution is 2.42. The summed E-state index contributed by atoms with van der Waals surface area (Å²) < 4.78 is 11.5. The Morgan fingerprint density at radius 2 is 1.74 bits per heavy atom. The molecule has 1 saturated heterocycles. The summed E-state index contributed by atoms with van der Waals surface area (Å²) >= 11 is 0. The van der Waals surface area contributed by atoms with Gasteiger partial charge in [0.05, 0.1) is 13.2 Å². The maximum absolute atomic E-state index is 10.5. The SMILES string of the molecule is O=CCc1ccc(C2CCC3(CC2)OCCO3)cc1. The molecule has 0 N–H and O–H groups in total. The van der Waals surface area contributed by atoms with E-state index in [9.17, 15) is 4.79 Å². The summed E-state index contributed by atoms with van der Waals surface area (Å²) in [6.45, 7) is 1.48. The van der Waals surface area contributed by atoms with E-state index in [0.717, 1.165) is 50.7 Å². The first kappa shape index (κ1) is 12.8. The van der Waals surface area contributed by atoms with E-state index in [-0.39, 0.29) is 5.79 Å². The summed E-state index contributed by atoms with van der Waals surface area (Å²) in [4.78, 5) is 10.5. The normalized spacial score (nSPS) is 22.7. The molecule has 0 unspecified atom stereocenters. The van der Waals surface area contributed by atoms with Crippen LogP contribution in [-0.4, -0.2) is 25.3 Å². The van der Waals surface area contributed by atoms with E-state index in [1.165, 1.54) is 5.56 Å². The summed E-state index contributed by atoms with van der Waals surface area (Å²) in [5, 5.41) is 0. The van der Waals surface area contributed by atoms with Crippen LogP contribution in [-0.2, 0) is 20.7 Å². The number of ether oxygens (including phenoxy) is 2. The van der Waals surface area contributed by atoms with E-state index in [1.54, 1.807) is 0 Å². The molecule has 19 heavy (non-hydrogen) atoms. The van der Waals surface area contributed by atoms with Gasteiger partial charge in [-0.15, -0.1) is 0 Å². The fourth-order valence-corrected chi connectivity index (χ4v) is 3.20. The van der Waals surface area contributed by atoms with E-state index in [4.69, 9.17) is 9.47 Å². The second-order valence-electron chi connectivity index (χ2n) is 5.49. The molecule has 3 heteroatoms. The fourth-order valence-electron chi connectivity index (χ4n) is 3.20. The van der Waals surface area contributed by atoms with Gasteiger partial charge in [-0.05, 0) is 29.9 Å². The van der Waals surface area contributed by atoms with Crippen molar-refractivity contribution < 1.29 is 14.3 Å². The number of hydrogen-bond donors (Lipinski definition) is 0.